The summed E-state index contributed by atoms with van der Waals surface area (Å²) in [6.07, 6.45) is 1.36. The molecule has 1 aromatic rings. The third-order valence-corrected chi connectivity index (χ3v) is 4.05. The maximum atomic E-state index is 11.3. The van der Waals surface area contributed by atoms with Crippen LogP contribution in [0.1, 0.15) is 35.6 Å². The van der Waals surface area contributed by atoms with Gasteiger partial charge in [0.2, 0.25) is 0 Å². The van der Waals surface area contributed by atoms with Crippen LogP contribution < -0.4 is 15.2 Å². The molecule has 0 aromatic heterocycles. The summed E-state index contributed by atoms with van der Waals surface area (Å²) in [6, 6.07) is 0. The molecule has 5 heteroatoms. The lowest BCUT2D eigenvalue weighted by molar-refractivity contribution is -0.131. The second-order valence-electron chi connectivity index (χ2n) is 5.15. The number of benzene rings is 1. The molecule has 0 aliphatic carbocycles. The number of carbonyl (C=O) groups is 1. The Hall–Kier alpha value is -1.62. The van der Waals surface area contributed by atoms with Crippen molar-refractivity contribution in [2.45, 2.75) is 46.6 Å². The summed E-state index contributed by atoms with van der Waals surface area (Å²) in [4.78, 5) is 11.6. The Morgan fingerprint density at radius 2 is 1.95 bits per heavy atom. The average Bonchev–Trinajstić information content (AvgIpc) is 2.40. The van der Waals surface area contributed by atoms with Crippen molar-refractivity contribution in [3.8, 4) is 11.5 Å². The van der Waals surface area contributed by atoms with E-state index in [2.05, 4.69) is 0 Å². The van der Waals surface area contributed by atoms with Crippen LogP contribution in [0.4, 0.5) is 0 Å². The summed E-state index contributed by atoms with van der Waals surface area (Å²) in [5, 5.41) is 0. The number of fused-ring (bicyclic) bond motifs is 1. The first-order valence-electron chi connectivity index (χ1n) is 6.60. The lowest BCUT2D eigenvalue weighted by atomic mass is 9.91. The number of hydrogen-bond donors (Lipinski definition) is 1. The predicted octanol–water partition coefficient (Wildman–Crippen LogP) is 2.52. The Balaban J connectivity index is 2.53. The number of carbonyl (C=O) groups excluding carboxylic acids is 1. The Bertz CT molecular complexity index is 596. The monoisotopic (exact) mass is 293 g/mol. The number of ether oxygens (including phenoxy) is 2. The van der Waals surface area contributed by atoms with Crippen molar-refractivity contribution in [2.24, 2.45) is 5.73 Å². The lowest BCUT2D eigenvalue weighted by Crippen LogP contribution is -2.35. The van der Waals surface area contributed by atoms with Gasteiger partial charge in [-0.3, -0.25) is 4.79 Å². The van der Waals surface area contributed by atoms with Crippen LogP contribution >= 0.6 is 12.2 Å². The zero-order valence-corrected chi connectivity index (χ0v) is 13.0. The van der Waals surface area contributed by atoms with Gasteiger partial charge in [0.25, 0.3) is 0 Å². The summed E-state index contributed by atoms with van der Waals surface area (Å²) in [5.41, 5.74) is 9.61. The highest BCUT2D eigenvalue weighted by Crippen LogP contribution is 2.41. The normalized spacial score (nSPS) is 17.1. The Morgan fingerprint density at radius 3 is 2.50 bits per heavy atom. The first-order valence-corrected chi connectivity index (χ1v) is 7.00. The van der Waals surface area contributed by atoms with E-state index in [1.54, 1.807) is 0 Å². The van der Waals surface area contributed by atoms with Crippen molar-refractivity contribution in [2.75, 3.05) is 0 Å². The Morgan fingerprint density at radius 1 is 1.30 bits per heavy atom. The van der Waals surface area contributed by atoms with Crippen LogP contribution in [0.5, 0.6) is 11.5 Å². The van der Waals surface area contributed by atoms with Crippen LogP contribution in [0.15, 0.2) is 0 Å². The largest absolute Gasteiger partial charge is 0.483 e. The van der Waals surface area contributed by atoms with Crippen LogP contribution in [0, 0.1) is 20.8 Å². The standard InChI is InChI=1S/C15H19NO3S/c1-7-8(2)14-11(5-6-12(19-14)15(16)20)9(3)13(7)18-10(4)17/h12H,5-6H2,1-4H3,(H2,16,20). The molecule has 0 saturated heterocycles. The van der Waals surface area contributed by atoms with E-state index in [4.69, 9.17) is 27.4 Å². The topological polar surface area (TPSA) is 61.5 Å². The minimum atomic E-state index is -0.312. The van der Waals surface area contributed by atoms with Gasteiger partial charge in [0, 0.05) is 12.5 Å². The van der Waals surface area contributed by atoms with Crippen molar-refractivity contribution in [1.29, 1.82) is 0 Å². The van der Waals surface area contributed by atoms with Gasteiger partial charge in [0.05, 0.1) is 0 Å². The summed E-state index contributed by atoms with van der Waals surface area (Å²) in [7, 11) is 0. The van der Waals surface area contributed by atoms with Gasteiger partial charge in [-0.1, -0.05) is 12.2 Å². The predicted molar refractivity (Wildman–Crippen MR) is 81.5 cm³/mol. The van der Waals surface area contributed by atoms with Crippen LogP contribution in [-0.2, 0) is 11.2 Å². The highest BCUT2D eigenvalue weighted by atomic mass is 32.1. The molecule has 108 valence electrons. The molecule has 0 bridgehead atoms. The van der Waals surface area contributed by atoms with Crippen LogP contribution in [-0.4, -0.2) is 17.1 Å². The molecule has 20 heavy (non-hydrogen) atoms. The van der Waals surface area contributed by atoms with Gasteiger partial charge in [0.1, 0.15) is 22.6 Å². The molecule has 0 saturated carbocycles. The second kappa shape index (κ2) is 5.40. The summed E-state index contributed by atoms with van der Waals surface area (Å²) < 4.78 is 11.3. The highest BCUT2D eigenvalue weighted by Gasteiger charge is 2.28. The van der Waals surface area contributed by atoms with Gasteiger partial charge in [-0.25, -0.2) is 0 Å². The maximum Gasteiger partial charge on any atom is 0.308 e. The molecule has 0 spiro atoms. The quantitative estimate of drug-likeness (QED) is 0.516. The minimum Gasteiger partial charge on any atom is -0.483 e. The maximum absolute atomic E-state index is 11.3. The van der Waals surface area contributed by atoms with Gasteiger partial charge in [-0.15, -0.1) is 0 Å². The van der Waals surface area contributed by atoms with E-state index >= 15 is 0 Å². The van der Waals surface area contributed by atoms with E-state index in [1.807, 2.05) is 20.8 Å². The van der Waals surface area contributed by atoms with Crippen molar-refractivity contribution < 1.29 is 14.3 Å². The minimum absolute atomic E-state index is 0.213. The molecule has 0 amide bonds. The molecule has 1 unspecified atom stereocenters. The van der Waals surface area contributed by atoms with Crippen molar-refractivity contribution >= 4 is 23.2 Å². The molecular weight excluding hydrogens is 274 g/mol. The first kappa shape index (κ1) is 14.8. The van der Waals surface area contributed by atoms with E-state index in [1.165, 1.54) is 6.92 Å². The molecule has 1 aliphatic rings. The van der Waals surface area contributed by atoms with Crippen LogP contribution in [0.25, 0.3) is 0 Å². The molecule has 1 aromatic carbocycles. The van der Waals surface area contributed by atoms with E-state index in [9.17, 15) is 4.79 Å². The van der Waals surface area contributed by atoms with Gasteiger partial charge in [-0.05, 0) is 50.3 Å². The van der Waals surface area contributed by atoms with Crippen molar-refractivity contribution in [3.63, 3.8) is 0 Å². The Labute approximate surface area is 124 Å². The zero-order chi connectivity index (χ0) is 15.0. The summed E-state index contributed by atoms with van der Waals surface area (Å²) in [5.74, 6) is 1.17. The fourth-order valence-electron chi connectivity index (χ4n) is 2.59. The Kier molecular flexibility index (Phi) is 3.99. The van der Waals surface area contributed by atoms with Gasteiger partial charge >= 0.3 is 5.97 Å². The molecule has 0 radical (unpaired) electrons. The molecule has 2 rings (SSSR count). The zero-order valence-electron chi connectivity index (χ0n) is 12.2. The van der Waals surface area contributed by atoms with Gasteiger partial charge < -0.3 is 15.2 Å². The van der Waals surface area contributed by atoms with E-state index in [-0.39, 0.29) is 12.1 Å². The molecule has 1 aliphatic heterocycles. The molecule has 1 atom stereocenters. The van der Waals surface area contributed by atoms with Crippen molar-refractivity contribution in [3.05, 3.63) is 22.3 Å². The number of hydrogen-bond acceptors (Lipinski definition) is 4. The third kappa shape index (κ3) is 2.50. The number of rotatable bonds is 2. The first-order chi connectivity index (χ1) is 9.32. The fraction of sp³-hybridized carbons (Fsp3) is 0.467. The SMILES string of the molecule is CC(=O)Oc1c(C)c(C)c2c(c1C)CCC(C(N)=S)O2. The smallest absolute Gasteiger partial charge is 0.308 e. The molecule has 2 N–H and O–H groups in total. The number of thiocarbonyl (C=S) groups is 1. The van der Waals surface area contributed by atoms with E-state index in [0.717, 1.165) is 40.8 Å². The van der Waals surface area contributed by atoms with Crippen LogP contribution in [0.2, 0.25) is 0 Å². The van der Waals surface area contributed by atoms with Gasteiger partial charge in [0.15, 0.2) is 0 Å². The lowest BCUT2D eigenvalue weighted by Gasteiger charge is -2.29. The molecule has 1 heterocycles. The number of esters is 1. The fourth-order valence-corrected chi connectivity index (χ4v) is 2.76. The van der Waals surface area contributed by atoms with Crippen LogP contribution in [0.3, 0.4) is 0 Å². The van der Waals surface area contributed by atoms with Crippen molar-refractivity contribution in [1.82, 2.24) is 0 Å². The summed E-state index contributed by atoms with van der Waals surface area (Å²) in [6.45, 7) is 7.25. The average molecular weight is 293 g/mol. The van der Waals surface area contributed by atoms with E-state index in [0.29, 0.717) is 10.7 Å². The number of nitrogens with two attached hydrogens (primary N) is 1. The van der Waals surface area contributed by atoms with Gasteiger partial charge in [-0.2, -0.15) is 0 Å². The molecule has 4 nitrogen and oxygen atoms in total. The second-order valence-corrected chi connectivity index (χ2v) is 5.62. The highest BCUT2D eigenvalue weighted by molar-refractivity contribution is 7.80. The molecular formula is C15H19NO3S. The summed E-state index contributed by atoms with van der Waals surface area (Å²) >= 11 is 5.02. The van der Waals surface area contributed by atoms with E-state index < -0.39 is 0 Å². The third-order valence-electron chi connectivity index (χ3n) is 3.79. The molecule has 0 fully saturated rings.